The number of benzene rings is 2. The van der Waals surface area contributed by atoms with Crippen molar-refractivity contribution >= 4 is 16.8 Å². The van der Waals surface area contributed by atoms with Gasteiger partial charge in [-0.3, -0.25) is 4.79 Å². The maximum absolute atomic E-state index is 14.4. The van der Waals surface area contributed by atoms with E-state index in [2.05, 4.69) is 63.7 Å². The first kappa shape index (κ1) is 27.8. The van der Waals surface area contributed by atoms with Gasteiger partial charge < -0.3 is 25.4 Å². The van der Waals surface area contributed by atoms with Crippen LogP contribution in [0, 0.1) is 24.6 Å². The molecule has 0 aliphatic carbocycles. The Kier molecular flexibility index (Phi) is 9.00. The number of amides is 1. The van der Waals surface area contributed by atoms with Crippen LogP contribution in [0.5, 0.6) is 0 Å². The molecule has 7 heteroatoms. The van der Waals surface area contributed by atoms with Crippen molar-refractivity contribution in [3.05, 3.63) is 71.2 Å². The van der Waals surface area contributed by atoms with Crippen LogP contribution in [0.25, 0.3) is 10.9 Å². The highest BCUT2D eigenvalue weighted by molar-refractivity contribution is 5.99. The third-order valence-electron chi connectivity index (χ3n) is 8.94. The molecule has 4 atom stereocenters. The minimum Gasteiger partial charge on any atom is -0.350 e. The predicted octanol–water partition coefficient (Wildman–Crippen LogP) is 4.60. The van der Waals surface area contributed by atoms with Crippen LogP contribution in [-0.4, -0.2) is 79.1 Å². The summed E-state index contributed by atoms with van der Waals surface area (Å²) in [6.45, 7) is 11.1. The molecule has 1 aromatic heterocycles. The molecule has 0 radical (unpaired) electrons. The molecule has 3 N–H and O–H groups in total. The Morgan fingerprint density at radius 3 is 2.62 bits per heavy atom. The Morgan fingerprint density at radius 2 is 1.90 bits per heavy atom. The number of nitrogens with zero attached hydrogens (tertiary/aromatic N) is 2. The van der Waals surface area contributed by atoms with Crippen molar-refractivity contribution < 1.29 is 9.18 Å². The highest BCUT2D eigenvalue weighted by atomic mass is 19.1. The van der Waals surface area contributed by atoms with Crippen molar-refractivity contribution in [2.45, 2.75) is 51.6 Å². The number of H-pyrrole nitrogens is 1. The molecule has 210 valence electrons. The molecule has 6 nitrogen and oxygen atoms in total. The van der Waals surface area contributed by atoms with Crippen molar-refractivity contribution in [2.75, 3.05) is 46.3 Å². The molecule has 2 aliphatic rings. The molecule has 2 fully saturated rings. The maximum Gasteiger partial charge on any atom is 0.268 e. The summed E-state index contributed by atoms with van der Waals surface area (Å²) < 4.78 is 14.4. The zero-order chi connectivity index (χ0) is 27.4. The molecule has 0 spiro atoms. The molecule has 0 saturated carbocycles. The fraction of sp³-hybridized carbons (Fsp3) is 0.531. The van der Waals surface area contributed by atoms with Gasteiger partial charge in [-0.15, -0.1) is 0 Å². The average molecular weight is 534 g/mol. The van der Waals surface area contributed by atoms with Gasteiger partial charge in [0.2, 0.25) is 0 Å². The number of aromatic nitrogens is 1. The van der Waals surface area contributed by atoms with Crippen LogP contribution in [0.4, 0.5) is 4.39 Å². The van der Waals surface area contributed by atoms with Crippen LogP contribution in [-0.2, 0) is 6.42 Å². The highest BCUT2D eigenvalue weighted by Gasteiger charge is 2.34. The van der Waals surface area contributed by atoms with Crippen LogP contribution in [0.2, 0.25) is 0 Å². The second kappa shape index (κ2) is 12.6. The zero-order valence-corrected chi connectivity index (χ0v) is 23.7. The van der Waals surface area contributed by atoms with Crippen LogP contribution in [0.3, 0.4) is 0 Å². The number of carbonyl (C=O) groups excluding carboxylic acids is 1. The standard InChI is InChI=1S/C32H44FN5O/c1-22-9-11-27(33)26-20-29(35-30(22)26)32(39)36-28(12-10-24-7-5-4-6-8-24)31-23(2)19-25(21-34-31)13-14-38-17-15-37(3)16-18-38/h4-9,11,20,23,25,28,31,34-35H,10,12-19,21H2,1-3H3,(H,36,39). The molecule has 0 bridgehead atoms. The molecule has 3 aromatic rings. The lowest BCUT2D eigenvalue weighted by Gasteiger charge is -2.41. The molecular formula is C32H44FN5O. The lowest BCUT2D eigenvalue weighted by atomic mass is 9.80. The molecule has 1 amide bonds. The van der Waals surface area contributed by atoms with Gasteiger partial charge in [0, 0.05) is 43.6 Å². The SMILES string of the molecule is Cc1ccc(F)c2cc(C(=O)NC(CCc3ccccc3)C3NCC(CCN4CCN(C)CC4)CC3C)[nH]c12. The number of nitrogens with one attached hydrogen (secondary N) is 3. The van der Waals surface area contributed by atoms with E-state index in [4.69, 9.17) is 0 Å². The van der Waals surface area contributed by atoms with Crippen molar-refractivity contribution in [1.82, 2.24) is 25.4 Å². The monoisotopic (exact) mass is 533 g/mol. The van der Waals surface area contributed by atoms with E-state index >= 15 is 0 Å². The number of halogens is 1. The lowest BCUT2D eigenvalue weighted by molar-refractivity contribution is 0.0890. The third-order valence-corrected chi connectivity index (χ3v) is 8.94. The first-order valence-corrected chi connectivity index (χ1v) is 14.6. The molecule has 39 heavy (non-hydrogen) atoms. The van der Waals surface area contributed by atoms with Gasteiger partial charge in [-0.25, -0.2) is 4.39 Å². The molecule has 2 aliphatic heterocycles. The highest BCUT2D eigenvalue weighted by Crippen LogP contribution is 2.28. The first-order chi connectivity index (χ1) is 18.9. The van der Waals surface area contributed by atoms with Crippen LogP contribution < -0.4 is 10.6 Å². The number of likely N-dealkylation sites (N-methyl/N-ethyl adjacent to an activating group) is 1. The van der Waals surface area contributed by atoms with Crippen LogP contribution in [0.1, 0.15) is 47.8 Å². The van der Waals surface area contributed by atoms with E-state index in [0.717, 1.165) is 38.0 Å². The number of aromatic amines is 1. The lowest BCUT2D eigenvalue weighted by Crippen LogP contribution is -2.57. The Labute approximate surface area is 232 Å². The van der Waals surface area contributed by atoms with Gasteiger partial charge in [-0.1, -0.05) is 43.3 Å². The molecule has 2 aromatic carbocycles. The number of piperidine rings is 1. The summed E-state index contributed by atoms with van der Waals surface area (Å²) >= 11 is 0. The number of piperazine rings is 1. The first-order valence-electron chi connectivity index (χ1n) is 14.6. The van der Waals surface area contributed by atoms with Gasteiger partial charge in [0.25, 0.3) is 5.91 Å². The van der Waals surface area contributed by atoms with E-state index < -0.39 is 0 Å². The Bertz CT molecular complexity index is 1200. The zero-order valence-electron chi connectivity index (χ0n) is 23.7. The van der Waals surface area contributed by atoms with E-state index in [1.165, 1.54) is 44.1 Å². The van der Waals surface area contributed by atoms with Crippen molar-refractivity contribution in [3.63, 3.8) is 0 Å². The third kappa shape index (κ3) is 6.89. The normalized spacial score (nSPS) is 23.6. The smallest absolute Gasteiger partial charge is 0.268 e. The van der Waals surface area contributed by atoms with Gasteiger partial charge in [0.1, 0.15) is 11.5 Å². The Hall–Kier alpha value is -2.74. The number of aryl methyl sites for hydroxylation is 2. The largest absolute Gasteiger partial charge is 0.350 e. The fourth-order valence-corrected chi connectivity index (χ4v) is 6.46. The van der Waals surface area contributed by atoms with Crippen LogP contribution >= 0.6 is 0 Å². The molecule has 3 heterocycles. The van der Waals surface area contributed by atoms with E-state index in [1.54, 1.807) is 12.1 Å². The van der Waals surface area contributed by atoms with Gasteiger partial charge in [0.15, 0.2) is 0 Å². The molecular weight excluding hydrogens is 489 g/mol. The van der Waals surface area contributed by atoms with Gasteiger partial charge in [0.05, 0.1) is 5.52 Å². The van der Waals surface area contributed by atoms with Gasteiger partial charge >= 0.3 is 0 Å². The number of hydrogen-bond donors (Lipinski definition) is 3. The summed E-state index contributed by atoms with van der Waals surface area (Å²) in [7, 11) is 2.20. The maximum atomic E-state index is 14.4. The summed E-state index contributed by atoms with van der Waals surface area (Å²) in [5.74, 6) is 0.617. The number of hydrogen-bond acceptors (Lipinski definition) is 4. The van der Waals surface area contributed by atoms with E-state index in [-0.39, 0.29) is 23.8 Å². The number of fused-ring (bicyclic) bond motifs is 1. The summed E-state index contributed by atoms with van der Waals surface area (Å²) in [6, 6.07) is 15.5. The Balaban J connectivity index is 1.25. The second-order valence-electron chi connectivity index (χ2n) is 11.9. The average Bonchev–Trinajstić information content (AvgIpc) is 3.41. The number of carbonyl (C=O) groups is 1. The van der Waals surface area contributed by atoms with Gasteiger partial charge in [-0.2, -0.15) is 0 Å². The molecule has 4 unspecified atom stereocenters. The second-order valence-corrected chi connectivity index (χ2v) is 11.9. The summed E-state index contributed by atoms with van der Waals surface area (Å²) in [5.41, 5.74) is 3.30. The molecule has 2 saturated heterocycles. The summed E-state index contributed by atoms with van der Waals surface area (Å²) in [4.78, 5) is 21.7. The van der Waals surface area contributed by atoms with Gasteiger partial charge in [-0.05, 0) is 87.8 Å². The van der Waals surface area contributed by atoms with Crippen LogP contribution in [0.15, 0.2) is 48.5 Å². The van der Waals surface area contributed by atoms with Crippen molar-refractivity contribution in [3.8, 4) is 0 Å². The quantitative estimate of drug-likeness (QED) is 0.376. The Morgan fingerprint density at radius 1 is 1.13 bits per heavy atom. The fourth-order valence-electron chi connectivity index (χ4n) is 6.46. The number of rotatable bonds is 9. The molecule has 5 rings (SSSR count). The van der Waals surface area contributed by atoms with E-state index in [0.29, 0.717) is 28.4 Å². The predicted molar refractivity (Wildman–Crippen MR) is 157 cm³/mol. The van der Waals surface area contributed by atoms with E-state index in [1.807, 2.05) is 13.0 Å². The van der Waals surface area contributed by atoms with Crippen molar-refractivity contribution in [2.24, 2.45) is 11.8 Å². The van der Waals surface area contributed by atoms with Crippen molar-refractivity contribution in [1.29, 1.82) is 0 Å². The summed E-state index contributed by atoms with van der Waals surface area (Å²) in [5, 5.41) is 7.64. The van der Waals surface area contributed by atoms with E-state index in [9.17, 15) is 9.18 Å². The summed E-state index contributed by atoms with van der Waals surface area (Å²) in [6.07, 6.45) is 4.12. The topological polar surface area (TPSA) is 63.4 Å². The minimum absolute atomic E-state index is 0.0244. The minimum atomic E-state index is -0.309.